The van der Waals surface area contributed by atoms with Crippen LogP contribution in [0.15, 0.2) is 12.2 Å². The first kappa shape index (κ1) is 65.0. The van der Waals surface area contributed by atoms with E-state index in [1.54, 1.807) is 0 Å². The number of quaternary nitrogens is 1. The van der Waals surface area contributed by atoms with Crippen LogP contribution in [0.1, 0.15) is 284 Å². The van der Waals surface area contributed by atoms with Gasteiger partial charge in [0.1, 0.15) is 13.2 Å². The molecule has 0 fully saturated rings. The van der Waals surface area contributed by atoms with Crippen LogP contribution in [-0.4, -0.2) is 82.3 Å². The topological polar surface area (TPSA) is 111 Å². The molecule has 0 aromatic heterocycles. The third-order valence-electron chi connectivity index (χ3n) is 13.0. The van der Waals surface area contributed by atoms with E-state index in [0.29, 0.717) is 23.9 Å². The number of esters is 2. The predicted molar refractivity (Wildman–Crippen MR) is 279 cm³/mol. The normalized spacial score (nSPS) is 12.8. The minimum absolute atomic E-state index is 0.150. The summed E-state index contributed by atoms with van der Waals surface area (Å²) in [6, 6.07) is 0. The lowest BCUT2D eigenvalue weighted by Gasteiger charge is -2.26. The van der Waals surface area contributed by atoms with Gasteiger partial charge in [-0.2, -0.15) is 0 Å². The van der Waals surface area contributed by atoms with Crippen molar-refractivity contribution in [3.63, 3.8) is 0 Å². The van der Waals surface area contributed by atoms with Gasteiger partial charge < -0.3 is 33.3 Å². The molecule has 0 heterocycles. The van der Waals surface area contributed by atoms with Crippen molar-refractivity contribution in [2.24, 2.45) is 0 Å². The number of carbonyl (C=O) groups is 3. The lowest BCUT2D eigenvalue weighted by Crippen LogP contribution is -2.44. The maximum absolute atomic E-state index is 12.8. The third-order valence-corrected chi connectivity index (χ3v) is 13.0. The summed E-state index contributed by atoms with van der Waals surface area (Å²) < 4.78 is 22.7. The Morgan fingerprint density at radius 3 is 1.10 bits per heavy atom. The molecule has 0 aliphatic rings. The molecule has 2 atom stereocenters. The average Bonchev–Trinajstić information content (AvgIpc) is 3.29. The zero-order valence-corrected chi connectivity index (χ0v) is 45.0. The van der Waals surface area contributed by atoms with Gasteiger partial charge in [-0.3, -0.25) is 9.59 Å². The van der Waals surface area contributed by atoms with Crippen molar-refractivity contribution >= 4 is 17.9 Å². The molecule has 0 saturated carbocycles. The van der Waals surface area contributed by atoms with Gasteiger partial charge in [-0.15, -0.1) is 0 Å². The highest BCUT2D eigenvalue weighted by Gasteiger charge is 2.22. The number of hydrogen-bond acceptors (Lipinski definition) is 8. The molecule has 0 amide bonds. The van der Waals surface area contributed by atoms with Crippen molar-refractivity contribution in [3.05, 3.63) is 12.2 Å². The molecule has 0 bridgehead atoms. The highest BCUT2D eigenvalue weighted by Crippen LogP contribution is 2.17. The first-order valence-corrected chi connectivity index (χ1v) is 28.8. The van der Waals surface area contributed by atoms with Crippen molar-refractivity contribution in [1.82, 2.24) is 0 Å². The van der Waals surface area contributed by atoms with Crippen molar-refractivity contribution in [1.29, 1.82) is 0 Å². The van der Waals surface area contributed by atoms with Crippen LogP contribution < -0.4 is 5.11 Å². The number of ether oxygens (including phenoxy) is 4. The number of unbranched alkanes of at least 4 members (excludes halogenated alkanes) is 37. The Kier molecular flexibility index (Phi) is 48.9. The third kappa shape index (κ3) is 51.7. The zero-order valence-electron chi connectivity index (χ0n) is 45.0. The largest absolute Gasteiger partial charge is 0.545 e. The van der Waals surface area contributed by atoms with Crippen LogP contribution in [0, 0.1) is 0 Å². The van der Waals surface area contributed by atoms with Gasteiger partial charge in [0.2, 0.25) is 0 Å². The van der Waals surface area contributed by atoms with Gasteiger partial charge in [0.25, 0.3) is 0 Å². The fourth-order valence-corrected chi connectivity index (χ4v) is 8.53. The Labute approximate surface area is 415 Å². The van der Waals surface area contributed by atoms with Gasteiger partial charge in [-0.05, 0) is 38.5 Å². The maximum atomic E-state index is 12.8. The Balaban J connectivity index is 4.19. The van der Waals surface area contributed by atoms with Crippen LogP contribution in [0.3, 0.4) is 0 Å². The second-order valence-electron chi connectivity index (χ2n) is 20.9. The number of hydrogen-bond donors (Lipinski definition) is 0. The minimum atomic E-state index is -1.62. The predicted octanol–water partition coefficient (Wildman–Crippen LogP) is 15.2. The molecule has 0 aliphatic carbocycles. The lowest BCUT2D eigenvalue weighted by molar-refractivity contribution is -0.870. The molecule has 9 nitrogen and oxygen atoms in total. The monoisotopic (exact) mass is 950 g/mol. The van der Waals surface area contributed by atoms with Gasteiger partial charge in [-0.25, -0.2) is 0 Å². The molecular weight excluding hydrogens is 839 g/mol. The number of carboxylic acid groups (broad SMARTS) is 1. The second kappa shape index (κ2) is 50.4. The zero-order chi connectivity index (χ0) is 49.2. The van der Waals surface area contributed by atoms with E-state index in [0.717, 1.165) is 44.9 Å². The molecule has 9 heteroatoms. The molecular formula is C58H111NO8. The summed E-state index contributed by atoms with van der Waals surface area (Å²) in [7, 11) is 5.93. The molecule has 67 heavy (non-hydrogen) atoms. The number of allylic oxidation sites excluding steroid dienone is 2. The van der Waals surface area contributed by atoms with Gasteiger partial charge in [0.05, 0.1) is 40.3 Å². The molecule has 0 N–H and O–H groups in total. The van der Waals surface area contributed by atoms with Crippen LogP contribution in [-0.2, 0) is 33.3 Å². The number of rotatable bonds is 54. The number of nitrogens with zero attached hydrogens (tertiary/aromatic N) is 1. The Bertz CT molecular complexity index is 1110. The van der Waals surface area contributed by atoms with Crippen molar-refractivity contribution < 1.29 is 42.9 Å². The fourth-order valence-electron chi connectivity index (χ4n) is 8.53. The van der Waals surface area contributed by atoms with Gasteiger partial charge in [0, 0.05) is 12.8 Å². The molecule has 0 spiro atoms. The minimum Gasteiger partial charge on any atom is -0.545 e. The smallest absolute Gasteiger partial charge is 0.306 e. The molecule has 2 unspecified atom stereocenters. The first-order valence-electron chi connectivity index (χ1n) is 28.8. The fraction of sp³-hybridized carbons (Fsp3) is 0.914. The summed E-state index contributed by atoms with van der Waals surface area (Å²) in [5.74, 6) is -2.27. The summed E-state index contributed by atoms with van der Waals surface area (Å²) in [4.78, 5) is 37.2. The highest BCUT2D eigenvalue weighted by molar-refractivity contribution is 5.70. The number of likely N-dealkylation sites (N-methyl/N-ethyl adjacent to an activating group) is 1. The van der Waals surface area contributed by atoms with E-state index in [2.05, 4.69) is 26.0 Å². The van der Waals surface area contributed by atoms with Crippen molar-refractivity contribution in [2.45, 2.75) is 296 Å². The van der Waals surface area contributed by atoms with E-state index < -0.39 is 24.3 Å². The molecule has 0 radical (unpaired) electrons. The first-order chi connectivity index (χ1) is 32.6. The van der Waals surface area contributed by atoms with Crippen LogP contribution in [0.25, 0.3) is 0 Å². The van der Waals surface area contributed by atoms with E-state index in [-0.39, 0.29) is 32.2 Å². The van der Waals surface area contributed by atoms with Crippen LogP contribution in [0.2, 0.25) is 0 Å². The molecule has 0 saturated heterocycles. The van der Waals surface area contributed by atoms with Gasteiger partial charge >= 0.3 is 11.9 Å². The quantitative estimate of drug-likeness (QED) is 0.0195. The Morgan fingerprint density at radius 2 is 0.761 bits per heavy atom. The SMILES string of the molecule is CCCCCCCCC/C=C\CCCCCCCCCC(=O)OC(COC(=O)CCCCCCCCCCCCCCCCCCCCCCCCCC)COC(OCC[N+](C)(C)C)C(=O)[O-]. The molecule has 0 rings (SSSR count). The summed E-state index contributed by atoms with van der Waals surface area (Å²) in [6.45, 7) is 4.79. The highest BCUT2D eigenvalue weighted by atomic mass is 16.7. The van der Waals surface area contributed by atoms with E-state index >= 15 is 0 Å². The molecule has 0 aliphatic heterocycles. The number of carboxylic acids is 1. The van der Waals surface area contributed by atoms with Crippen LogP contribution in [0.5, 0.6) is 0 Å². The van der Waals surface area contributed by atoms with Gasteiger partial charge in [-0.1, -0.05) is 244 Å². The second-order valence-corrected chi connectivity index (χ2v) is 20.9. The lowest BCUT2D eigenvalue weighted by atomic mass is 10.0. The standard InChI is InChI=1S/C58H111NO8/c1-6-8-10-12-14-16-18-20-22-24-26-27-28-29-30-31-33-34-36-38-40-42-44-46-48-55(60)65-52-54(53-66-58(57(62)63)64-51-50-59(3,4)5)67-56(61)49-47-45-43-41-39-37-35-32-25-23-21-19-17-15-13-11-9-7-2/h23,25,54,58H,6-22,24,26-53H2,1-5H3/b25-23-. The van der Waals surface area contributed by atoms with E-state index in [1.807, 2.05) is 21.1 Å². The van der Waals surface area contributed by atoms with Crippen LogP contribution in [0.4, 0.5) is 0 Å². The Hall–Kier alpha value is -1.97. The summed E-state index contributed by atoms with van der Waals surface area (Å²) in [6.07, 6.45) is 54.0. The van der Waals surface area contributed by atoms with E-state index in [4.69, 9.17) is 18.9 Å². The average molecular weight is 951 g/mol. The van der Waals surface area contributed by atoms with Gasteiger partial charge in [0.15, 0.2) is 12.4 Å². The van der Waals surface area contributed by atoms with Crippen LogP contribution >= 0.6 is 0 Å². The summed E-state index contributed by atoms with van der Waals surface area (Å²) in [5, 5.41) is 11.8. The maximum Gasteiger partial charge on any atom is 0.306 e. The number of aliphatic carboxylic acids is 1. The Morgan fingerprint density at radius 1 is 0.433 bits per heavy atom. The molecule has 396 valence electrons. The molecule has 0 aromatic rings. The van der Waals surface area contributed by atoms with E-state index in [9.17, 15) is 19.5 Å². The molecule has 0 aromatic carbocycles. The van der Waals surface area contributed by atoms with Crippen molar-refractivity contribution in [2.75, 3.05) is 47.5 Å². The van der Waals surface area contributed by atoms with E-state index in [1.165, 1.54) is 205 Å². The van der Waals surface area contributed by atoms with Crippen molar-refractivity contribution in [3.8, 4) is 0 Å². The summed E-state index contributed by atoms with van der Waals surface area (Å²) in [5.41, 5.74) is 0. The summed E-state index contributed by atoms with van der Waals surface area (Å²) >= 11 is 0. The number of carbonyl (C=O) groups excluding carboxylic acids is 3.